The Kier molecular flexibility index (Phi) is 7.18. The van der Waals surface area contributed by atoms with Crippen LogP contribution in [-0.2, 0) is 4.52 Å². The molecule has 0 radical (unpaired) electrons. The van der Waals surface area contributed by atoms with E-state index < -0.39 is 8.60 Å². The van der Waals surface area contributed by atoms with E-state index in [2.05, 4.69) is 18.4 Å². The quantitative estimate of drug-likeness (QED) is 0.615. The van der Waals surface area contributed by atoms with Gasteiger partial charge in [-0.1, -0.05) is 26.7 Å². The van der Waals surface area contributed by atoms with E-state index in [9.17, 15) is 0 Å². The fourth-order valence-electron chi connectivity index (χ4n) is 0.830. The molecule has 0 aromatic carbocycles. The Hall–Kier alpha value is 0.310. The average molecular weight is 180 g/mol. The SMILES string of the molecule is CCCCC(C)COP(O)O. The molecule has 68 valence electrons. The van der Waals surface area contributed by atoms with Gasteiger partial charge < -0.3 is 14.3 Å². The molecular formula is C7H17O3P. The highest BCUT2D eigenvalue weighted by atomic mass is 31.2. The van der Waals surface area contributed by atoms with Gasteiger partial charge in [-0.05, 0) is 12.3 Å². The van der Waals surface area contributed by atoms with Gasteiger partial charge in [-0.3, -0.25) is 0 Å². The predicted molar refractivity (Wildman–Crippen MR) is 46.0 cm³/mol. The van der Waals surface area contributed by atoms with E-state index in [1.54, 1.807) is 0 Å². The molecular weight excluding hydrogens is 163 g/mol. The maximum absolute atomic E-state index is 8.42. The van der Waals surface area contributed by atoms with Crippen LogP contribution < -0.4 is 0 Å². The molecule has 0 aliphatic rings. The van der Waals surface area contributed by atoms with Crippen molar-refractivity contribution < 1.29 is 14.3 Å². The molecule has 0 bridgehead atoms. The van der Waals surface area contributed by atoms with Crippen molar-refractivity contribution in [3.63, 3.8) is 0 Å². The number of hydrogen-bond acceptors (Lipinski definition) is 3. The number of hydrogen-bond donors (Lipinski definition) is 2. The Morgan fingerprint density at radius 1 is 1.45 bits per heavy atom. The number of unbranched alkanes of at least 4 members (excludes halogenated alkanes) is 1. The molecule has 4 heteroatoms. The Bertz CT molecular complexity index is 87.8. The molecule has 0 heterocycles. The van der Waals surface area contributed by atoms with Gasteiger partial charge in [0.1, 0.15) is 0 Å². The smallest absolute Gasteiger partial charge is 0.327 e. The highest BCUT2D eigenvalue weighted by Gasteiger charge is 2.04. The van der Waals surface area contributed by atoms with E-state index in [1.807, 2.05) is 0 Å². The fraction of sp³-hybridized carbons (Fsp3) is 1.00. The molecule has 11 heavy (non-hydrogen) atoms. The van der Waals surface area contributed by atoms with E-state index in [1.165, 1.54) is 12.8 Å². The third-order valence-corrected chi connectivity index (χ3v) is 1.91. The van der Waals surface area contributed by atoms with Crippen molar-refractivity contribution >= 4 is 8.60 Å². The predicted octanol–water partition coefficient (Wildman–Crippen LogP) is 2.04. The van der Waals surface area contributed by atoms with Crippen molar-refractivity contribution in [3.05, 3.63) is 0 Å². The summed E-state index contributed by atoms with van der Waals surface area (Å²) in [6.45, 7) is 4.64. The molecule has 0 aromatic heterocycles. The van der Waals surface area contributed by atoms with Gasteiger partial charge in [0.05, 0.1) is 6.61 Å². The summed E-state index contributed by atoms with van der Waals surface area (Å²) >= 11 is 0. The minimum atomic E-state index is -2.15. The molecule has 3 nitrogen and oxygen atoms in total. The Balaban J connectivity index is 3.15. The average Bonchev–Trinajstić information content (AvgIpc) is 1.97. The molecule has 0 spiro atoms. The van der Waals surface area contributed by atoms with Gasteiger partial charge >= 0.3 is 8.60 Å². The maximum atomic E-state index is 8.42. The van der Waals surface area contributed by atoms with Crippen LogP contribution in [0, 0.1) is 5.92 Å². The van der Waals surface area contributed by atoms with Gasteiger partial charge in [0.25, 0.3) is 0 Å². The van der Waals surface area contributed by atoms with Crippen molar-refractivity contribution in [2.45, 2.75) is 33.1 Å². The Labute approximate surface area is 69.4 Å². The lowest BCUT2D eigenvalue weighted by atomic mass is 10.1. The second kappa shape index (κ2) is 6.99. The lowest BCUT2D eigenvalue weighted by molar-refractivity contribution is 0.212. The Morgan fingerprint density at radius 2 is 2.09 bits per heavy atom. The molecule has 0 aliphatic carbocycles. The summed E-state index contributed by atoms with van der Waals surface area (Å²) in [6.07, 6.45) is 3.45. The maximum Gasteiger partial charge on any atom is 0.327 e. The van der Waals surface area contributed by atoms with Crippen molar-refractivity contribution in [1.29, 1.82) is 0 Å². The molecule has 0 aromatic rings. The first kappa shape index (κ1) is 11.3. The highest BCUT2D eigenvalue weighted by molar-refractivity contribution is 7.39. The van der Waals surface area contributed by atoms with Gasteiger partial charge in [-0.2, -0.15) is 0 Å². The molecule has 0 aliphatic heterocycles. The largest absolute Gasteiger partial charge is 0.328 e. The summed E-state index contributed by atoms with van der Waals surface area (Å²) in [5, 5.41) is 0. The summed E-state index contributed by atoms with van der Waals surface area (Å²) in [5.41, 5.74) is 0. The Morgan fingerprint density at radius 3 is 2.55 bits per heavy atom. The van der Waals surface area contributed by atoms with Gasteiger partial charge in [-0.25, -0.2) is 0 Å². The molecule has 0 saturated heterocycles. The third-order valence-electron chi connectivity index (χ3n) is 1.53. The molecule has 0 fully saturated rings. The zero-order chi connectivity index (χ0) is 8.69. The molecule has 0 saturated carbocycles. The van der Waals surface area contributed by atoms with Crippen LogP contribution in [0.15, 0.2) is 0 Å². The van der Waals surface area contributed by atoms with Crippen LogP contribution in [0.2, 0.25) is 0 Å². The van der Waals surface area contributed by atoms with Crippen LogP contribution in [0.1, 0.15) is 33.1 Å². The van der Waals surface area contributed by atoms with Gasteiger partial charge in [0.2, 0.25) is 0 Å². The first-order chi connectivity index (χ1) is 5.16. The van der Waals surface area contributed by atoms with Crippen LogP contribution >= 0.6 is 8.60 Å². The summed E-state index contributed by atoms with van der Waals surface area (Å²) in [7, 11) is -2.15. The van der Waals surface area contributed by atoms with Gasteiger partial charge in [0.15, 0.2) is 0 Å². The zero-order valence-electron chi connectivity index (χ0n) is 7.16. The summed E-state index contributed by atoms with van der Waals surface area (Å²) < 4.78 is 4.68. The van der Waals surface area contributed by atoms with Gasteiger partial charge in [-0.15, -0.1) is 0 Å². The van der Waals surface area contributed by atoms with Crippen molar-refractivity contribution in [2.24, 2.45) is 5.92 Å². The van der Waals surface area contributed by atoms with E-state index in [-0.39, 0.29) is 0 Å². The van der Waals surface area contributed by atoms with Crippen molar-refractivity contribution in [3.8, 4) is 0 Å². The normalized spacial score (nSPS) is 13.9. The van der Waals surface area contributed by atoms with E-state index in [4.69, 9.17) is 9.79 Å². The minimum absolute atomic E-state index is 0.430. The van der Waals surface area contributed by atoms with Crippen LogP contribution in [0.25, 0.3) is 0 Å². The summed E-state index contributed by atoms with van der Waals surface area (Å²) in [6, 6.07) is 0. The number of rotatable bonds is 6. The van der Waals surface area contributed by atoms with E-state index >= 15 is 0 Å². The topological polar surface area (TPSA) is 49.7 Å². The van der Waals surface area contributed by atoms with E-state index in [0.717, 1.165) is 6.42 Å². The standard InChI is InChI=1S/C7H17O3P/c1-3-4-5-7(2)6-10-11(8)9/h7-9H,3-6H2,1-2H3. The third kappa shape index (κ3) is 8.21. The summed E-state index contributed by atoms with van der Waals surface area (Å²) in [5.74, 6) is 0.430. The van der Waals surface area contributed by atoms with Crippen LogP contribution in [0.4, 0.5) is 0 Å². The lowest BCUT2D eigenvalue weighted by Crippen LogP contribution is -2.02. The molecule has 1 atom stereocenters. The van der Waals surface area contributed by atoms with Crippen molar-refractivity contribution in [2.75, 3.05) is 6.61 Å². The first-order valence-corrected chi connectivity index (χ1v) is 5.14. The van der Waals surface area contributed by atoms with Crippen LogP contribution in [0.3, 0.4) is 0 Å². The van der Waals surface area contributed by atoms with Gasteiger partial charge in [0, 0.05) is 0 Å². The molecule has 0 rings (SSSR count). The molecule has 1 unspecified atom stereocenters. The molecule has 2 N–H and O–H groups in total. The summed E-state index contributed by atoms with van der Waals surface area (Å²) in [4.78, 5) is 16.8. The minimum Gasteiger partial charge on any atom is -0.328 e. The second-order valence-electron chi connectivity index (χ2n) is 2.80. The highest BCUT2D eigenvalue weighted by Crippen LogP contribution is 2.25. The lowest BCUT2D eigenvalue weighted by Gasteiger charge is -2.10. The van der Waals surface area contributed by atoms with E-state index in [0.29, 0.717) is 12.5 Å². The second-order valence-corrected chi connectivity index (χ2v) is 3.56. The zero-order valence-corrected chi connectivity index (χ0v) is 8.05. The molecule has 0 amide bonds. The van der Waals surface area contributed by atoms with Crippen LogP contribution in [0.5, 0.6) is 0 Å². The monoisotopic (exact) mass is 180 g/mol. The van der Waals surface area contributed by atoms with Crippen molar-refractivity contribution in [1.82, 2.24) is 0 Å². The fourth-order valence-corrected chi connectivity index (χ4v) is 1.22. The van der Waals surface area contributed by atoms with Crippen LogP contribution in [-0.4, -0.2) is 16.4 Å². The first-order valence-electron chi connectivity index (χ1n) is 3.97.